The van der Waals surface area contributed by atoms with Gasteiger partial charge in [0.15, 0.2) is 11.6 Å². The topological polar surface area (TPSA) is 83.1 Å². The molecule has 2 aromatic carbocycles. The number of amides is 1. The monoisotopic (exact) mass is 591 g/mol. The zero-order valence-electron chi connectivity index (χ0n) is 26.5. The molecule has 2 aliphatic rings. The largest absolute Gasteiger partial charge is 0.390 e. The molecule has 1 amide bonds. The van der Waals surface area contributed by atoms with Gasteiger partial charge in [0.05, 0.1) is 18.1 Å². The number of hydrogen-bond acceptors (Lipinski definition) is 4. The van der Waals surface area contributed by atoms with Crippen LogP contribution in [0.25, 0.3) is 0 Å². The van der Waals surface area contributed by atoms with Crippen molar-refractivity contribution in [2.45, 2.75) is 104 Å². The van der Waals surface area contributed by atoms with Gasteiger partial charge in [0.25, 0.3) is 5.91 Å². The molecule has 1 saturated carbocycles. The number of rotatable bonds is 10. The first-order valence-electron chi connectivity index (χ1n) is 15.6. The maximum atomic E-state index is 14.3. The first-order valence-corrected chi connectivity index (χ1v) is 15.6. The Kier molecular flexibility index (Phi) is 10.1. The average molecular weight is 592 g/mol. The molecule has 232 valence electrons. The highest BCUT2D eigenvalue weighted by Gasteiger charge is 2.52. The summed E-state index contributed by atoms with van der Waals surface area (Å²) >= 11 is 0. The molecular formula is C35H47F2N5O. The maximum Gasteiger partial charge on any atom is 0.275 e. The van der Waals surface area contributed by atoms with E-state index in [-0.39, 0.29) is 29.1 Å². The molecule has 2 aromatic rings. The highest BCUT2D eigenvalue weighted by atomic mass is 19.2. The normalized spacial score (nSPS) is 22.7. The van der Waals surface area contributed by atoms with Crippen molar-refractivity contribution in [1.29, 1.82) is 0 Å². The number of nitrogens with zero attached hydrogens (tertiary/aromatic N) is 3. The molecule has 0 saturated heterocycles. The van der Waals surface area contributed by atoms with E-state index in [0.29, 0.717) is 11.5 Å². The predicted octanol–water partition coefficient (Wildman–Crippen LogP) is 7.96. The van der Waals surface area contributed by atoms with E-state index in [4.69, 9.17) is 10.7 Å². The van der Waals surface area contributed by atoms with Crippen molar-refractivity contribution in [3.8, 4) is 0 Å². The summed E-state index contributed by atoms with van der Waals surface area (Å²) in [7, 11) is 0. The smallest absolute Gasteiger partial charge is 0.275 e. The van der Waals surface area contributed by atoms with Crippen LogP contribution in [-0.2, 0) is 4.79 Å². The van der Waals surface area contributed by atoms with Crippen LogP contribution in [0.4, 0.5) is 8.78 Å². The van der Waals surface area contributed by atoms with Gasteiger partial charge in [0.2, 0.25) is 0 Å². The fourth-order valence-electron chi connectivity index (χ4n) is 6.54. The molecule has 0 bridgehead atoms. The first-order chi connectivity index (χ1) is 20.4. The Balaban J connectivity index is 1.68. The summed E-state index contributed by atoms with van der Waals surface area (Å²) in [6, 6.07) is 11.9. The van der Waals surface area contributed by atoms with E-state index >= 15 is 0 Å². The van der Waals surface area contributed by atoms with Gasteiger partial charge in [0.1, 0.15) is 11.4 Å². The summed E-state index contributed by atoms with van der Waals surface area (Å²) < 4.78 is 28.1. The van der Waals surface area contributed by atoms with Crippen LogP contribution < -0.4 is 11.1 Å². The molecular weight excluding hydrogens is 544 g/mol. The van der Waals surface area contributed by atoms with E-state index in [1.54, 1.807) is 0 Å². The van der Waals surface area contributed by atoms with Gasteiger partial charge in [-0.25, -0.2) is 13.8 Å². The Morgan fingerprint density at radius 1 is 1.12 bits per heavy atom. The molecule has 8 heteroatoms. The molecule has 1 heterocycles. The summed E-state index contributed by atoms with van der Waals surface area (Å²) in [5.74, 6) is -1.60. The van der Waals surface area contributed by atoms with Gasteiger partial charge in [-0.1, -0.05) is 65.3 Å². The van der Waals surface area contributed by atoms with Gasteiger partial charge >= 0.3 is 0 Å². The number of carbonyl (C=O) groups excluding carboxylic acids is 1. The number of nitrogens with two attached hydrogens (primary N) is 1. The molecule has 2 atom stereocenters. The van der Waals surface area contributed by atoms with Crippen molar-refractivity contribution in [2.24, 2.45) is 27.1 Å². The molecule has 1 spiro atoms. The summed E-state index contributed by atoms with van der Waals surface area (Å²) in [6.45, 7) is 13.0. The number of allylic oxidation sites excluding steroid dienone is 1. The molecule has 1 fully saturated rings. The third kappa shape index (κ3) is 7.00. The highest BCUT2D eigenvalue weighted by Crippen LogP contribution is 2.50. The third-order valence-electron chi connectivity index (χ3n) is 9.19. The van der Waals surface area contributed by atoms with Crippen molar-refractivity contribution in [1.82, 2.24) is 10.2 Å². The van der Waals surface area contributed by atoms with Crippen LogP contribution in [0.5, 0.6) is 0 Å². The summed E-state index contributed by atoms with van der Waals surface area (Å²) in [6.07, 6.45) is 8.98. The number of carbonyl (C=O) groups is 1. The van der Waals surface area contributed by atoms with Crippen molar-refractivity contribution in [3.05, 3.63) is 82.7 Å². The van der Waals surface area contributed by atoms with Crippen molar-refractivity contribution in [2.75, 3.05) is 0 Å². The van der Waals surface area contributed by atoms with E-state index in [1.165, 1.54) is 12.4 Å². The molecule has 0 radical (unpaired) electrons. The van der Waals surface area contributed by atoms with E-state index < -0.39 is 17.3 Å². The van der Waals surface area contributed by atoms with Crippen LogP contribution >= 0.6 is 0 Å². The summed E-state index contributed by atoms with van der Waals surface area (Å²) in [5, 5.41) is 3.39. The molecule has 3 N–H and O–H groups in total. The van der Waals surface area contributed by atoms with E-state index in [1.807, 2.05) is 18.0 Å². The minimum atomic E-state index is -0.976. The Hall–Kier alpha value is -3.55. The van der Waals surface area contributed by atoms with Crippen molar-refractivity contribution < 1.29 is 13.6 Å². The van der Waals surface area contributed by atoms with Gasteiger partial charge in [-0.05, 0) is 86.1 Å². The lowest BCUT2D eigenvalue weighted by molar-refractivity contribution is -0.133. The number of nitrogens with one attached hydrogen (secondary N) is 1. The SMILES string of the molecule is CCCC(c1ccc(C(C)N/C=C(/CC)N=CN)cc1)N1C(=O)C(c2ccc(F)c(F)c2)=NC12CCC(C(C)(C)C)CC2. The molecule has 4 rings (SSSR count). The molecule has 6 nitrogen and oxygen atoms in total. The van der Waals surface area contributed by atoms with Gasteiger partial charge < -0.3 is 16.0 Å². The van der Waals surface area contributed by atoms with Gasteiger partial charge in [-0.3, -0.25) is 9.79 Å². The van der Waals surface area contributed by atoms with Crippen molar-refractivity contribution >= 4 is 18.0 Å². The number of halogens is 2. The third-order valence-corrected chi connectivity index (χ3v) is 9.19. The number of benzene rings is 2. The van der Waals surface area contributed by atoms with Crippen LogP contribution in [0.3, 0.4) is 0 Å². The Bertz CT molecular complexity index is 1370. The predicted molar refractivity (Wildman–Crippen MR) is 171 cm³/mol. The molecule has 2 unspecified atom stereocenters. The number of aliphatic imine (C=N–C) groups is 2. The highest BCUT2D eigenvalue weighted by molar-refractivity contribution is 6.46. The fourth-order valence-corrected chi connectivity index (χ4v) is 6.54. The second-order valence-electron chi connectivity index (χ2n) is 13.0. The van der Waals surface area contributed by atoms with Crippen LogP contribution in [0, 0.1) is 23.0 Å². The standard InChI is InChI=1S/C35H47F2N5O/c1-7-9-31(25-12-10-24(11-13-25)23(3)39-21-28(8-2)40-22-38)42-33(43)32(26-14-15-29(36)30(37)20-26)41-35(42)18-16-27(17-19-35)34(4,5)6/h10-15,20-23,27,31,39H,7-9,16-19H2,1-6H3,(H2,38,40)/b28-21-. The van der Waals surface area contributed by atoms with Crippen molar-refractivity contribution in [3.63, 3.8) is 0 Å². The van der Waals surface area contributed by atoms with Crippen LogP contribution in [0.15, 0.2) is 64.3 Å². The zero-order chi connectivity index (χ0) is 31.4. The minimum absolute atomic E-state index is 0.0453. The Labute approximate surface area is 255 Å². The van der Waals surface area contributed by atoms with Gasteiger partial charge in [0, 0.05) is 17.8 Å². The summed E-state index contributed by atoms with van der Waals surface area (Å²) in [4.78, 5) is 25.5. The molecule has 1 aliphatic heterocycles. The average Bonchev–Trinajstić information content (AvgIpc) is 3.25. The van der Waals surface area contributed by atoms with Crippen LogP contribution in [0.1, 0.15) is 115 Å². The summed E-state index contributed by atoms with van der Waals surface area (Å²) in [5.41, 5.74) is 8.47. The second kappa shape index (κ2) is 13.4. The lowest BCUT2D eigenvalue weighted by Gasteiger charge is -2.47. The van der Waals surface area contributed by atoms with Crippen LogP contribution in [0.2, 0.25) is 0 Å². The lowest BCUT2D eigenvalue weighted by Crippen LogP contribution is -2.51. The second-order valence-corrected chi connectivity index (χ2v) is 13.0. The minimum Gasteiger partial charge on any atom is -0.390 e. The zero-order valence-corrected chi connectivity index (χ0v) is 26.5. The Morgan fingerprint density at radius 2 is 1.77 bits per heavy atom. The molecule has 43 heavy (non-hydrogen) atoms. The maximum absolute atomic E-state index is 14.3. The van der Waals surface area contributed by atoms with Gasteiger partial charge in [-0.2, -0.15) is 0 Å². The quantitative estimate of drug-likeness (QED) is 0.217. The van der Waals surface area contributed by atoms with E-state index in [9.17, 15) is 13.6 Å². The Morgan fingerprint density at radius 3 is 2.33 bits per heavy atom. The number of hydrogen-bond donors (Lipinski definition) is 2. The van der Waals surface area contributed by atoms with E-state index in [0.717, 1.165) is 73.9 Å². The lowest BCUT2D eigenvalue weighted by atomic mass is 9.69. The van der Waals surface area contributed by atoms with E-state index in [2.05, 4.69) is 69.2 Å². The van der Waals surface area contributed by atoms with Crippen LogP contribution in [-0.4, -0.2) is 28.5 Å². The van der Waals surface area contributed by atoms with Gasteiger partial charge in [-0.15, -0.1) is 0 Å². The molecule has 0 aromatic heterocycles. The molecule has 1 aliphatic carbocycles. The first kappa shape index (κ1) is 32.4. The fraction of sp³-hybridized carbons (Fsp3) is 0.514.